The Morgan fingerprint density at radius 2 is 2.00 bits per heavy atom. The van der Waals surface area contributed by atoms with Crippen LogP contribution < -0.4 is 0 Å². The van der Waals surface area contributed by atoms with E-state index in [1.165, 1.54) is 12.2 Å². The van der Waals surface area contributed by atoms with Gasteiger partial charge < -0.3 is 9.84 Å². The number of hydrogen-bond acceptors (Lipinski definition) is 5. The average Bonchev–Trinajstić information content (AvgIpc) is 2.96. The van der Waals surface area contributed by atoms with Crippen molar-refractivity contribution in [2.75, 3.05) is 5.88 Å². The first kappa shape index (κ1) is 23.6. The summed E-state index contributed by atoms with van der Waals surface area (Å²) < 4.78 is 23.1. The van der Waals surface area contributed by atoms with Crippen molar-refractivity contribution in [2.45, 2.75) is 77.2 Å². The minimum atomic E-state index is -1.99. The molecule has 0 aliphatic heterocycles. The molecule has 0 radical (unpaired) electrons. The molecule has 0 aromatic heterocycles. The van der Waals surface area contributed by atoms with Crippen molar-refractivity contribution < 1.29 is 28.6 Å². The molecule has 0 unspecified atom stereocenters. The highest BCUT2D eigenvalue weighted by atomic mass is 35.5. The zero-order valence-corrected chi connectivity index (χ0v) is 19.9. The van der Waals surface area contributed by atoms with Gasteiger partial charge in [0.15, 0.2) is 22.8 Å². The summed E-state index contributed by atoms with van der Waals surface area (Å²) in [6.45, 7) is 7.13. The predicted octanol–water partition coefficient (Wildman–Crippen LogP) is 4.10. The molecule has 4 rings (SSSR count). The molecule has 0 aromatic carbocycles. The number of rotatable bonds is 4. The van der Waals surface area contributed by atoms with Crippen LogP contribution in [0.5, 0.6) is 0 Å². The minimum absolute atomic E-state index is 0.0285. The van der Waals surface area contributed by atoms with Gasteiger partial charge in [0.2, 0.25) is 0 Å². The third-order valence-corrected chi connectivity index (χ3v) is 9.52. The number of allylic oxidation sites excluding steroid dienone is 4. The lowest BCUT2D eigenvalue weighted by Gasteiger charge is -2.62. The third kappa shape index (κ3) is 2.68. The largest absolute Gasteiger partial charge is 0.450 e. The fourth-order valence-corrected chi connectivity index (χ4v) is 7.95. The summed E-state index contributed by atoms with van der Waals surface area (Å²) in [6, 6.07) is 0. The molecule has 0 bridgehead atoms. The first-order chi connectivity index (χ1) is 14.9. The van der Waals surface area contributed by atoms with Crippen molar-refractivity contribution >= 4 is 29.1 Å². The minimum Gasteiger partial charge on any atom is -0.450 e. The number of hydrogen-bond donors (Lipinski definition) is 1. The Morgan fingerprint density at radius 1 is 1.31 bits per heavy atom. The number of aliphatic hydroxyl groups is 1. The number of ether oxygens (including phenoxy) is 1. The van der Waals surface area contributed by atoms with E-state index in [2.05, 4.69) is 0 Å². The summed E-state index contributed by atoms with van der Waals surface area (Å²) in [5.41, 5.74) is -4.83. The maximum atomic E-state index is 17.2. The summed E-state index contributed by atoms with van der Waals surface area (Å²) >= 11 is 6.01. The van der Waals surface area contributed by atoms with Gasteiger partial charge in [-0.2, -0.15) is 0 Å². The molecule has 0 spiro atoms. The van der Waals surface area contributed by atoms with E-state index in [4.69, 9.17) is 16.3 Å². The normalized spacial score (nSPS) is 47.2. The molecule has 3 saturated carbocycles. The summed E-state index contributed by atoms with van der Waals surface area (Å²) in [5, 5.41) is 11.4. The Labute approximate surface area is 193 Å². The Morgan fingerprint density at radius 3 is 2.62 bits per heavy atom. The van der Waals surface area contributed by atoms with E-state index in [0.29, 0.717) is 24.8 Å². The van der Waals surface area contributed by atoms with E-state index in [9.17, 15) is 19.5 Å². The van der Waals surface area contributed by atoms with E-state index in [1.54, 1.807) is 19.9 Å². The second-order valence-electron chi connectivity index (χ2n) is 10.5. The Bertz CT molecular complexity index is 929. The maximum Gasteiger partial charge on any atom is 0.306 e. The van der Waals surface area contributed by atoms with Gasteiger partial charge in [-0.3, -0.25) is 14.4 Å². The fraction of sp³-hybridized carbons (Fsp3) is 0.720. The van der Waals surface area contributed by atoms with Crippen molar-refractivity contribution in [3.63, 3.8) is 0 Å². The van der Waals surface area contributed by atoms with E-state index >= 15 is 4.39 Å². The second-order valence-corrected chi connectivity index (χ2v) is 10.8. The standard InChI is InChI=1S/C25H32ClFO5/c1-5-21(31)32-25(20(30)13-26)14(2)10-18-17-7-6-15-11-16(28)8-9-22(15,3)24(17,27)19(29)12-23(18,25)4/h8-9,11,14,17-19,29H,5-7,10,12-13H2,1-4H3/t14-,17+,18-,19+,22+,23+,24+,25+/m1/s1. The summed E-state index contributed by atoms with van der Waals surface area (Å²) in [7, 11) is 0. The topological polar surface area (TPSA) is 80.7 Å². The van der Waals surface area contributed by atoms with Gasteiger partial charge in [0.1, 0.15) is 0 Å². The van der Waals surface area contributed by atoms with Gasteiger partial charge in [-0.25, -0.2) is 4.39 Å². The van der Waals surface area contributed by atoms with Crippen LogP contribution in [-0.4, -0.2) is 45.9 Å². The van der Waals surface area contributed by atoms with Crippen LogP contribution in [-0.2, 0) is 19.1 Å². The number of fused-ring (bicyclic) bond motifs is 5. The highest BCUT2D eigenvalue weighted by Gasteiger charge is 2.77. The molecule has 0 amide bonds. The summed E-state index contributed by atoms with van der Waals surface area (Å²) in [6.07, 6.45) is 4.67. The van der Waals surface area contributed by atoms with Crippen LogP contribution in [0.15, 0.2) is 23.8 Å². The molecule has 7 heteroatoms. The van der Waals surface area contributed by atoms with Crippen LogP contribution in [0.3, 0.4) is 0 Å². The van der Waals surface area contributed by atoms with Crippen LogP contribution in [0.25, 0.3) is 0 Å². The lowest BCUT2D eigenvalue weighted by atomic mass is 9.44. The monoisotopic (exact) mass is 466 g/mol. The SMILES string of the molecule is CCC(=O)O[C@]1(C(=O)CCl)[C@H](C)C[C@@H]2[C@@H]3CCC4=CC(=O)C=C[C@]4(C)[C@@]3(F)[C@@H](O)C[C@@]21C. The molecular weight excluding hydrogens is 435 g/mol. The molecule has 4 aliphatic rings. The smallest absolute Gasteiger partial charge is 0.306 e. The van der Waals surface area contributed by atoms with Crippen molar-refractivity contribution in [3.05, 3.63) is 23.8 Å². The molecule has 1 N–H and O–H groups in total. The first-order valence-corrected chi connectivity index (χ1v) is 12.1. The molecule has 32 heavy (non-hydrogen) atoms. The molecule has 3 fully saturated rings. The highest BCUT2D eigenvalue weighted by Crippen LogP contribution is 2.71. The molecule has 8 atom stereocenters. The highest BCUT2D eigenvalue weighted by molar-refractivity contribution is 6.29. The molecule has 0 saturated heterocycles. The number of halogens is 2. The summed E-state index contributed by atoms with van der Waals surface area (Å²) in [5.74, 6) is -2.57. The van der Waals surface area contributed by atoms with Crippen LogP contribution in [0, 0.1) is 28.6 Å². The Hall–Kier alpha value is -1.53. The number of alkyl halides is 2. The Balaban J connectivity index is 1.85. The zero-order valence-electron chi connectivity index (χ0n) is 19.1. The number of Topliss-reactive ketones (excluding diaryl/α,β-unsaturated/α-hetero) is 1. The van der Waals surface area contributed by atoms with E-state index < -0.39 is 40.1 Å². The van der Waals surface area contributed by atoms with Crippen LogP contribution >= 0.6 is 11.6 Å². The summed E-state index contributed by atoms with van der Waals surface area (Å²) in [4.78, 5) is 37.7. The molecule has 0 aromatic rings. The number of aliphatic hydroxyl groups excluding tert-OH is 1. The lowest BCUT2D eigenvalue weighted by Crippen LogP contribution is -2.70. The molecular formula is C25H32ClFO5. The maximum absolute atomic E-state index is 17.2. The third-order valence-electron chi connectivity index (χ3n) is 9.28. The first-order valence-electron chi connectivity index (χ1n) is 11.5. The van der Waals surface area contributed by atoms with Gasteiger partial charge in [0, 0.05) is 29.1 Å². The van der Waals surface area contributed by atoms with E-state index in [1.807, 2.05) is 13.8 Å². The van der Waals surface area contributed by atoms with E-state index in [-0.39, 0.29) is 42.1 Å². The van der Waals surface area contributed by atoms with Crippen molar-refractivity contribution in [3.8, 4) is 0 Å². The Kier molecular flexibility index (Phi) is 5.53. The van der Waals surface area contributed by atoms with Crippen molar-refractivity contribution in [1.29, 1.82) is 0 Å². The van der Waals surface area contributed by atoms with Gasteiger partial charge in [0.25, 0.3) is 0 Å². The van der Waals surface area contributed by atoms with Gasteiger partial charge in [-0.15, -0.1) is 11.6 Å². The molecule has 5 nitrogen and oxygen atoms in total. The molecule has 176 valence electrons. The van der Waals surface area contributed by atoms with Gasteiger partial charge in [-0.05, 0) is 50.7 Å². The fourth-order valence-electron chi connectivity index (χ4n) is 7.75. The zero-order chi connectivity index (χ0) is 23.7. The lowest BCUT2D eigenvalue weighted by molar-refractivity contribution is -0.227. The van der Waals surface area contributed by atoms with E-state index in [0.717, 1.165) is 0 Å². The quantitative estimate of drug-likeness (QED) is 0.498. The van der Waals surface area contributed by atoms with Crippen LogP contribution in [0.1, 0.15) is 59.8 Å². The molecule has 0 heterocycles. The second kappa shape index (κ2) is 7.49. The van der Waals surface area contributed by atoms with Crippen molar-refractivity contribution in [2.24, 2.45) is 28.6 Å². The van der Waals surface area contributed by atoms with Crippen LogP contribution in [0.2, 0.25) is 0 Å². The number of ketones is 2. The number of carbonyl (C=O) groups excluding carboxylic acids is 3. The average molecular weight is 467 g/mol. The predicted molar refractivity (Wildman–Crippen MR) is 118 cm³/mol. The van der Waals surface area contributed by atoms with Crippen molar-refractivity contribution in [1.82, 2.24) is 0 Å². The molecule has 4 aliphatic carbocycles. The van der Waals surface area contributed by atoms with Gasteiger partial charge in [0.05, 0.1) is 12.0 Å². The van der Waals surface area contributed by atoms with Gasteiger partial charge in [-0.1, -0.05) is 32.4 Å². The number of esters is 1. The number of carbonyl (C=O) groups is 3. The van der Waals surface area contributed by atoms with Crippen LogP contribution in [0.4, 0.5) is 4.39 Å². The van der Waals surface area contributed by atoms with Gasteiger partial charge >= 0.3 is 5.97 Å².